The second-order valence-electron chi connectivity index (χ2n) is 7.25. The van der Waals surface area contributed by atoms with Crippen LogP contribution in [0, 0.1) is 11.6 Å². The summed E-state index contributed by atoms with van der Waals surface area (Å²) >= 11 is 0. The van der Waals surface area contributed by atoms with Gasteiger partial charge in [0.2, 0.25) is 0 Å². The van der Waals surface area contributed by atoms with Gasteiger partial charge in [-0.2, -0.15) is 0 Å². The van der Waals surface area contributed by atoms with Crippen LogP contribution >= 0.6 is 0 Å². The van der Waals surface area contributed by atoms with Crippen molar-refractivity contribution in [2.45, 2.75) is 19.8 Å². The molecule has 0 saturated carbocycles. The first-order valence-corrected chi connectivity index (χ1v) is 10.1. The number of anilines is 1. The maximum absolute atomic E-state index is 14.4. The van der Waals surface area contributed by atoms with Gasteiger partial charge in [-0.05, 0) is 43.5 Å². The van der Waals surface area contributed by atoms with Crippen molar-refractivity contribution in [3.63, 3.8) is 0 Å². The molecule has 2 aromatic carbocycles. The van der Waals surface area contributed by atoms with Crippen LogP contribution < -0.4 is 4.90 Å². The smallest absolute Gasteiger partial charge is 0.166 e. The summed E-state index contributed by atoms with van der Waals surface area (Å²) in [6.45, 7) is 7.66. The van der Waals surface area contributed by atoms with Crippen molar-refractivity contribution in [3.8, 4) is 11.1 Å². The summed E-state index contributed by atoms with van der Waals surface area (Å²) in [4.78, 5) is 11.8. The fourth-order valence-corrected chi connectivity index (χ4v) is 3.74. The summed E-state index contributed by atoms with van der Waals surface area (Å²) in [5.41, 5.74) is 2.42. The number of rotatable bonds is 5. The van der Waals surface area contributed by atoms with E-state index in [1.807, 2.05) is 37.3 Å². The molecule has 0 amide bonds. The molecule has 2 heterocycles. The Morgan fingerprint density at radius 1 is 1.10 bits per heavy atom. The van der Waals surface area contributed by atoms with Gasteiger partial charge in [0.25, 0.3) is 0 Å². The van der Waals surface area contributed by atoms with E-state index in [2.05, 4.69) is 11.5 Å². The first kappa shape index (κ1) is 20.0. The SMILES string of the molecule is C=C/C(=C\C=C/C)c1nc(N2CCCC2)c2cc(-c3cccc(F)c3F)ccc2n1. The zero-order chi connectivity index (χ0) is 21.1. The first-order chi connectivity index (χ1) is 14.6. The molecule has 152 valence electrons. The maximum Gasteiger partial charge on any atom is 0.166 e. The highest BCUT2D eigenvalue weighted by atomic mass is 19.2. The average Bonchev–Trinajstić information content (AvgIpc) is 3.30. The third-order valence-electron chi connectivity index (χ3n) is 5.29. The monoisotopic (exact) mass is 403 g/mol. The van der Waals surface area contributed by atoms with Gasteiger partial charge in [-0.1, -0.05) is 49.1 Å². The molecule has 1 saturated heterocycles. The largest absolute Gasteiger partial charge is 0.356 e. The van der Waals surface area contributed by atoms with Crippen LogP contribution in [0.5, 0.6) is 0 Å². The van der Waals surface area contributed by atoms with Gasteiger partial charge in [0.15, 0.2) is 17.5 Å². The molecule has 0 bridgehead atoms. The van der Waals surface area contributed by atoms with Crippen LogP contribution in [0.25, 0.3) is 27.6 Å². The number of nitrogens with zero attached hydrogens (tertiary/aromatic N) is 3. The number of halogens is 2. The summed E-state index contributed by atoms with van der Waals surface area (Å²) in [5, 5.41) is 0.830. The van der Waals surface area contributed by atoms with Crippen molar-refractivity contribution < 1.29 is 8.78 Å². The summed E-state index contributed by atoms with van der Waals surface area (Å²) in [6, 6.07) is 9.69. The van der Waals surface area contributed by atoms with Crippen molar-refractivity contribution in [2.75, 3.05) is 18.0 Å². The minimum atomic E-state index is -0.858. The van der Waals surface area contributed by atoms with Crippen molar-refractivity contribution in [1.29, 1.82) is 0 Å². The Morgan fingerprint density at radius 2 is 1.90 bits per heavy atom. The third kappa shape index (κ3) is 3.75. The summed E-state index contributed by atoms with van der Waals surface area (Å²) < 4.78 is 28.1. The lowest BCUT2D eigenvalue weighted by atomic mass is 10.0. The predicted molar refractivity (Wildman–Crippen MR) is 119 cm³/mol. The number of aromatic nitrogens is 2. The lowest BCUT2D eigenvalue weighted by Crippen LogP contribution is -2.20. The van der Waals surface area contributed by atoms with Crippen LogP contribution in [-0.4, -0.2) is 23.1 Å². The fraction of sp³-hybridized carbons (Fsp3) is 0.200. The Morgan fingerprint density at radius 3 is 2.63 bits per heavy atom. The van der Waals surface area contributed by atoms with Gasteiger partial charge >= 0.3 is 0 Å². The van der Waals surface area contributed by atoms with E-state index in [1.54, 1.807) is 18.2 Å². The van der Waals surface area contributed by atoms with E-state index >= 15 is 0 Å². The minimum Gasteiger partial charge on any atom is -0.356 e. The van der Waals surface area contributed by atoms with Crippen LogP contribution in [0.2, 0.25) is 0 Å². The van der Waals surface area contributed by atoms with E-state index in [0.717, 1.165) is 54.3 Å². The molecule has 3 aromatic rings. The first-order valence-electron chi connectivity index (χ1n) is 10.1. The number of benzene rings is 2. The van der Waals surface area contributed by atoms with Gasteiger partial charge < -0.3 is 4.90 Å². The van der Waals surface area contributed by atoms with E-state index in [4.69, 9.17) is 9.97 Å². The van der Waals surface area contributed by atoms with Crippen LogP contribution in [0.3, 0.4) is 0 Å². The standard InChI is InChI=1S/C25H23F2N3/c1-3-5-9-17(4-2)24-28-22-13-12-18(19-10-8-11-21(26)23(19)27)16-20(22)25(29-24)30-14-6-7-15-30/h3-5,8-13,16H,2,6-7,14-15H2,1H3/b5-3-,17-9+. The summed E-state index contributed by atoms with van der Waals surface area (Å²) in [6.07, 6.45) is 9.73. The molecular weight excluding hydrogens is 380 g/mol. The van der Waals surface area contributed by atoms with Crippen LogP contribution in [-0.2, 0) is 0 Å². The Labute approximate surface area is 175 Å². The maximum atomic E-state index is 14.4. The molecule has 0 unspecified atom stereocenters. The topological polar surface area (TPSA) is 29.0 Å². The van der Waals surface area contributed by atoms with Crippen LogP contribution in [0.15, 0.2) is 67.3 Å². The third-order valence-corrected chi connectivity index (χ3v) is 5.29. The molecule has 1 aliphatic rings. The van der Waals surface area contributed by atoms with E-state index in [9.17, 15) is 8.78 Å². The fourth-order valence-electron chi connectivity index (χ4n) is 3.74. The number of allylic oxidation sites excluding steroid dienone is 5. The van der Waals surface area contributed by atoms with Gasteiger partial charge in [-0.15, -0.1) is 0 Å². The van der Waals surface area contributed by atoms with E-state index in [-0.39, 0.29) is 5.56 Å². The molecular formula is C25H23F2N3. The average molecular weight is 403 g/mol. The lowest BCUT2D eigenvalue weighted by Gasteiger charge is -2.20. The quantitative estimate of drug-likeness (QED) is 0.467. The van der Waals surface area contributed by atoms with Gasteiger partial charge in [0.1, 0.15) is 5.82 Å². The van der Waals surface area contributed by atoms with Crippen LogP contribution in [0.4, 0.5) is 14.6 Å². The molecule has 1 fully saturated rings. The van der Waals surface area contributed by atoms with Gasteiger partial charge in [-0.3, -0.25) is 0 Å². The molecule has 3 nitrogen and oxygen atoms in total. The second kappa shape index (κ2) is 8.57. The number of hydrogen-bond acceptors (Lipinski definition) is 3. The highest BCUT2D eigenvalue weighted by Crippen LogP contribution is 2.33. The molecule has 1 aromatic heterocycles. The minimum absolute atomic E-state index is 0.230. The molecule has 0 aliphatic carbocycles. The molecule has 1 aliphatic heterocycles. The van der Waals surface area contributed by atoms with E-state index in [1.165, 1.54) is 6.07 Å². The molecule has 4 rings (SSSR count). The number of hydrogen-bond donors (Lipinski definition) is 0. The summed E-state index contributed by atoms with van der Waals surface area (Å²) in [5.74, 6) is -0.286. The zero-order valence-electron chi connectivity index (χ0n) is 16.9. The van der Waals surface area contributed by atoms with Crippen molar-refractivity contribution >= 4 is 22.3 Å². The van der Waals surface area contributed by atoms with Crippen molar-refractivity contribution in [2.24, 2.45) is 0 Å². The number of fused-ring (bicyclic) bond motifs is 1. The summed E-state index contributed by atoms with van der Waals surface area (Å²) in [7, 11) is 0. The second-order valence-corrected chi connectivity index (χ2v) is 7.25. The van der Waals surface area contributed by atoms with Crippen molar-refractivity contribution in [1.82, 2.24) is 9.97 Å². The normalized spacial score (nSPS) is 14.8. The van der Waals surface area contributed by atoms with Crippen LogP contribution in [0.1, 0.15) is 25.6 Å². The highest BCUT2D eigenvalue weighted by molar-refractivity contribution is 5.94. The Kier molecular flexibility index (Phi) is 5.70. The lowest BCUT2D eigenvalue weighted by molar-refractivity contribution is 0.511. The Balaban J connectivity index is 1.92. The Hall–Kier alpha value is -3.34. The van der Waals surface area contributed by atoms with Crippen molar-refractivity contribution in [3.05, 3.63) is 84.7 Å². The molecule has 0 N–H and O–H groups in total. The molecule has 0 radical (unpaired) electrons. The van der Waals surface area contributed by atoms with E-state index in [0.29, 0.717) is 11.4 Å². The molecule has 0 spiro atoms. The Bertz CT molecular complexity index is 1160. The van der Waals surface area contributed by atoms with Gasteiger partial charge in [0, 0.05) is 29.6 Å². The van der Waals surface area contributed by atoms with Gasteiger partial charge in [0.05, 0.1) is 5.52 Å². The van der Waals surface area contributed by atoms with Gasteiger partial charge in [-0.25, -0.2) is 18.7 Å². The van der Waals surface area contributed by atoms with E-state index < -0.39 is 11.6 Å². The molecule has 0 atom stereocenters. The zero-order valence-corrected chi connectivity index (χ0v) is 16.9. The molecule has 5 heteroatoms. The highest BCUT2D eigenvalue weighted by Gasteiger charge is 2.20. The molecule has 30 heavy (non-hydrogen) atoms. The predicted octanol–water partition coefficient (Wildman–Crippen LogP) is 6.32.